The van der Waals surface area contributed by atoms with Crippen LogP contribution in [0.2, 0.25) is 18.1 Å². The Morgan fingerprint density at radius 3 is 2.15 bits per heavy atom. The second kappa shape index (κ2) is 13.2. The van der Waals surface area contributed by atoms with Gasteiger partial charge in [-0.3, -0.25) is 9.59 Å². The second-order valence-corrected chi connectivity index (χ2v) is 16.2. The molecule has 0 bridgehead atoms. The molecule has 0 amide bonds. The summed E-state index contributed by atoms with van der Waals surface area (Å²) in [4.78, 5) is 39.5. The van der Waals surface area contributed by atoms with E-state index in [-0.39, 0.29) is 41.6 Å². The quantitative estimate of drug-likeness (QED) is 0.234. The molecule has 1 aliphatic rings. The molecule has 8 heteroatoms. The van der Waals surface area contributed by atoms with Crippen molar-refractivity contribution in [3.63, 3.8) is 0 Å². The van der Waals surface area contributed by atoms with Gasteiger partial charge in [0, 0.05) is 17.9 Å². The zero-order valence-corrected chi connectivity index (χ0v) is 25.2. The van der Waals surface area contributed by atoms with Crippen LogP contribution >= 0.6 is 0 Å². The lowest BCUT2D eigenvalue weighted by molar-refractivity contribution is -0.144. The Hall–Kier alpha value is -3.49. The molecule has 1 aliphatic carbocycles. The Labute approximate surface area is 238 Å². The van der Waals surface area contributed by atoms with Crippen molar-refractivity contribution in [3.8, 4) is 0 Å². The maximum absolute atomic E-state index is 14.0. The highest BCUT2D eigenvalue weighted by molar-refractivity contribution is 6.74. The Kier molecular flexibility index (Phi) is 10.3. The SMILES string of the molecule is CCOC(=O)C[C@@H]1C(C(=O)C[C@@H](O[Si](C)(C)C(C)(C)C)c2ccccc2)=C(O)C=C[C@@H]1OC(=O)c1ccccc1. The van der Waals surface area contributed by atoms with Crippen molar-refractivity contribution in [1.29, 1.82) is 0 Å². The van der Waals surface area contributed by atoms with E-state index in [0.29, 0.717) is 5.56 Å². The van der Waals surface area contributed by atoms with Crippen LogP contribution in [0.1, 0.15) is 62.6 Å². The van der Waals surface area contributed by atoms with Gasteiger partial charge < -0.3 is 19.0 Å². The molecule has 0 spiro atoms. The van der Waals surface area contributed by atoms with Crippen molar-refractivity contribution >= 4 is 26.0 Å². The Morgan fingerprint density at radius 1 is 0.975 bits per heavy atom. The van der Waals surface area contributed by atoms with Crippen LogP contribution in [0, 0.1) is 5.92 Å². The molecule has 7 nitrogen and oxygen atoms in total. The number of esters is 2. The van der Waals surface area contributed by atoms with Crippen LogP contribution in [0.3, 0.4) is 0 Å². The Morgan fingerprint density at radius 2 is 1.57 bits per heavy atom. The van der Waals surface area contributed by atoms with Gasteiger partial charge in [0.05, 0.1) is 24.7 Å². The van der Waals surface area contributed by atoms with Crippen molar-refractivity contribution in [2.75, 3.05) is 6.61 Å². The van der Waals surface area contributed by atoms with Crippen molar-refractivity contribution < 1.29 is 33.4 Å². The lowest BCUT2D eigenvalue weighted by Gasteiger charge is -2.39. The first kappa shape index (κ1) is 31.0. The highest BCUT2D eigenvalue weighted by Gasteiger charge is 2.42. The number of carbonyl (C=O) groups excluding carboxylic acids is 3. The molecule has 214 valence electrons. The van der Waals surface area contributed by atoms with E-state index in [0.717, 1.165) is 5.56 Å². The number of Topliss-reactive ketones (excluding diaryl/α,β-unsaturated/α-hetero) is 1. The number of carbonyl (C=O) groups is 3. The van der Waals surface area contributed by atoms with Gasteiger partial charge in [-0.25, -0.2) is 4.79 Å². The highest BCUT2D eigenvalue weighted by Crippen LogP contribution is 2.41. The normalized spacial score (nSPS) is 18.2. The van der Waals surface area contributed by atoms with Crippen molar-refractivity contribution in [2.24, 2.45) is 5.92 Å². The molecule has 0 radical (unpaired) electrons. The molecule has 0 heterocycles. The predicted octanol–water partition coefficient (Wildman–Crippen LogP) is 6.89. The smallest absolute Gasteiger partial charge is 0.338 e. The lowest BCUT2D eigenvalue weighted by Crippen LogP contribution is -2.42. The van der Waals surface area contributed by atoms with Crippen molar-refractivity contribution in [1.82, 2.24) is 0 Å². The number of aliphatic hydroxyl groups is 1. The molecule has 0 aliphatic heterocycles. The van der Waals surface area contributed by atoms with Gasteiger partial charge in [-0.05, 0) is 54.9 Å². The largest absolute Gasteiger partial charge is 0.508 e. The summed E-state index contributed by atoms with van der Waals surface area (Å²) in [6, 6.07) is 18.0. The fourth-order valence-electron chi connectivity index (χ4n) is 4.32. The number of ether oxygens (including phenoxy) is 2. The van der Waals surface area contributed by atoms with E-state index in [9.17, 15) is 19.5 Å². The van der Waals surface area contributed by atoms with Gasteiger partial charge in [0.25, 0.3) is 0 Å². The zero-order chi connectivity index (χ0) is 29.5. The minimum absolute atomic E-state index is 0.0289. The third-order valence-corrected chi connectivity index (χ3v) is 12.0. The van der Waals surface area contributed by atoms with Crippen LogP contribution < -0.4 is 0 Å². The fraction of sp³-hybridized carbons (Fsp3) is 0.406. The van der Waals surface area contributed by atoms with E-state index in [1.54, 1.807) is 37.3 Å². The van der Waals surface area contributed by atoms with Crippen LogP contribution in [-0.4, -0.2) is 43.9 Å². The number of allylic oxidation sites excluding steroid dienone is 1. The summed E-state index contributed by atoms with van der Waals surface area (Å²) in [6.07, 6.45) is 1.04. The van der Waals surface area contributed by atoms with Crippen molar-refractivity contribution in [2.45, 2.75) is 70.9 Å². The first-order valence-electron chi connectivity index (χ1n) is 13.6. The van der Waals surface area contributed by atoms with Gasteiger partial charge in [-0.2, -0.15) is 0 Å². The molecule has 40 heavy (non-hydrogen) atoms. The fourth-order valence-corrected chi connectivity index (χ4v) is 5.61. The summed E-state index contributed by atoms with van der Waals surface area (Å²) in [5.74, 6) is -2.72. The molecule has 3 rings (SSSR count). The van der Waals surface area contributed by atoms with Crippen LogP contribution in [-0.2, 0) is 23.5 Å². The summed E-state index contributed by atoms with van der Waals surface area (Å²) in [7, 11) is -2.30. The van der Waals surface area contributed by atoms with E-state index in [1.807, 2.05) is 30.3 Å². The average molecular weight is 565 g/mol. The molecule has 0 aromatic heterocycles. The van der Waals surface area contributed by atoms with E-state index < -0.39 is 38.4 Å². The number of rotatable bonds is 11. The molecule has 0 fully saturated rings. The summed E-state index contributed by atoms with van der Waals surface area (Å²) in [5.41, 5.74) is 1.21. The summed E-state index contributed by atoms with van der Waals surface area (Å²) in [6.45, 7) is 12.5. The molecule has 3 atom stereocenters. The molecule has 2 aromatic carbocycles. The molecular formula is C32H40O7Si. The van der Waals surface area contributed by atoms with Crippen LogP contribution in [0.5, 0.6) is 0 Å². The minimum atomic E-state index is -2.30. The minimum Gasteiger partial charge on any atom is -0.508 e. The van der Waals surface area contributed by atoms with Crippen molar-refractivity contribution in [3.05, 3.63) is 95.3 Å². The summed E-state index contributed by atoms with van der Waals surface area (Å²) >= 11 is 0. The van der Waals surface area contributed by atoms with Gasteiger partial charge >= 0.3 is 11.9 Å². The molecular weight excluding hydrogens is 524 g/mol. The number of benzene rings is 2. The molecule has 0 unspecified atom stereocenters. The first-order chi connectivity index (χ1) is 18.8. The molecule has 2 aromatic rings. The standard InChI is InChI=1S/C32H40O7Si/c1-7-37-29(35)20-24-27(38-31(36)23-16-12-9-13-17-23)19-18-25(33)30(24)26(34)21-28(22-14-10-8-11-15-22)39-40(5,6)32(2,3)4/h8-19,24,27-28,33H,7,20-21H2,1-6H3/t24-,27-,28+/m0/s1. The van der Waals surface area contributed by atoms with Crippen LogP contribution in [0.25, 0.3) is 0 Å². The van der Waals surface area contributed by atoms with Gasteiger partial charge in [0.2, 0.25) is 0 Å². The zero-order valence-electron chi connectivity index (χ0n) is 24.2. The highest BCUT2D eigenvalue weighted by atomic mass is 28.4. The lowest BCUT2D eigenvalue weighted by atomic mass is 9.81. The second-order valence-electron chi connectivity index (χ2n) is 11.4. The van der Waals surface area contributed by atoms with E-state index in [4.69, 9.17) is 13.9 Å². The topological polar surface area (TPSA) is 99.1 Å². The number of hydrogen-bond donors (Lipinski definition) is 1. The average Bonchev–Trinajstić information content (AvgIpc) is 2.90. The maximum atomic E-state index is 14.0. The number of hydrogen-bond acceptors (Lipinski definition) is 7. The Balaban J connectivity index is 1.95. The van der Waals surface area contributed by atoms with Gasteiger partial charge in [-0.1, -0.05) is 69.3 Å². The predicted molar refractivity (Wildman–Crippen MR) is 156 cm³/mol. The molecule has 1 N–H and O–H groups in total. The van der Waals surface area contributed by atoms with Gasteiger partial charge in [0.1, 0.15) is 11.9 Å². The van der Waals surface area contributed by atoms with E-state index in [2.05, 4.69) is 33.9 Å². The van der Waals surface area contributed by atoms with Crippen LogP contribution in [0.4, 0.5) is 0 Å². The maximum Gasteiger partial charge on any atom is 0.338 e. The number of ketones is 1. The van der Waals surface area contributed by atoms with Crippen LogP contribution in [0.15, 0.2) is 84.1 Å². The van der Waals surface area contributed by atoms with E-state index in [1.165, 1.54) is 12.2 Å². The summed E-state index contributed by atoms with van der Waals surface area (Å²) < 4.78 is 17.6. The molecule has 0 saturated carbocycles. The third kappa shape index (κ3) is 7.79. The van der Waals surface area contributed by atoms with Gasteiger partial charge in [0.15, 0.2) is 14.1 Å². The van der Waals surface area contributed by atoms with Gasteiger partial charge in [-0.15, -0.1) is 0 Å². The third-order valence-electron chi connectivity index (χ3n) is 7.52. The monoisotopic (exact) mass is 564 g/mol. The van der Waals surface area contributed by atoms with E-state index >= 15 is 0 Å². The first-order valence-corrected chi connectivity index (χ1v) is 16.5. The summed E-state index contributed by atoms with van der Waals surface area (Å²) in [5, 5.41) is 10.8. The molecule has 0 saturated heterocycles. The Bertz CT molecular complexity index is 1240. The number of aliphatic hydroxyl groups excluding tert-OH is 1.